The molecule has 1 N–H and O–H groups in total. The van der Waals surface area contributed by atoms with Crippen molar-refractivity contribution in [3.63, 3.8) is 0 Å². The number of carboxylic acid groups (broad SMARTS) is 1. The number of ketones is 1. The number of likely N-dealkylation sites (tertiary alicyclic amines) is 1. The third-order valence-corrected chi connectivity index (χ3v) is 4.63. The van der Waals surface area contributed by atoms with Gasteiger partial charge in [0, 0.05) is 42.4 Å². The summed E-state index contributed by atoms with van der Waals surface area (Å²) in [7, 11) is 0. The predicted molar refractivity (Wildman–Crippen MR) is 91.2 cm³/mol. The number of carboxylic acids is 1. The summed E-state index contributed by atoms with van der Waals surface area (Å²) in [4.78, 5) is 36.8. The molecule has 1 amide bonds. The van der Waals surface area contributed by atoms with E-state index < -0.39 is 5.97 Å². The number of aliphatic carboxylic acids is 1. The van der Waals surface area contributed by atoms with Crippen LogP contribution in [0.3, 0.4) is 0 Å². The number of carbonyl (C=O) groups excluding carboxylic acids is 2. The number of hydrogen-bond donors (Lipinski definition) is 1. The van der Waals surface area contributed by atoms with Crippen molar-refractivity contribution in [2.75, 3.05) is 13.1 Å². The van der Waals surface area contributed by atoms with Crippen LogP contribution in [0.2, 0.25) is 5.02 Å². The number of amides is 1. The monoisotopic (exact) mass is 351 g/mol. The molecule has 1 saturated heterocycles. The summed E-state index contributed by atoms with van der Waals surface area (Å²) in [6, 6.07) is 6.91. The van der Waals surface area contributed by atoms with Gasteiger partial charge in [-0.25, -0.2) is 0 Å². The smallest absolute Gasteiger partial charge is 0.303 e. The van der Waals surface area contributed by atoms with E-state index in [0.29, 0.717) is 55.8 Å². The molecule has 0 aliphatic carbocycles. The first-order chi connectivity index (χ1) is 11.5. The number of carbonyl (C=O) groups is 3. The molecule has 1 aromatic rings. The number of hydrogen-bond acceptors (Lipinski definition) is 3. The SMILES string of the molecule is O=C(O)CCCCC(=O)N1CCC(C(=O)c2ccc(Cl)cc2)CC1. The third kappa shape index (κ3) is 5.34. The van der Waals surface area contributed by atoms with Crippen LogP contribution in [-0.2, 0) is 9.59 Å². The Labute approximate surface area is 146 Å². The first kappa shape index (κ1) is 18.5. The van der Waals surface area contributed by atoms with Crippen molar-refractivity contribution in [3.05, 3.63) is 34.9 Å². The largest absolute Gasteiger partial charge is 0.481 e. The summed E-state index contributed by atoms with van der Waals surface area (Å²) < 4.78 is 0. The maximum absolute atomic E-state index is 12.5. The minimum atomic E-state index is -0.830. The molecule has 0 spiro atoms. The fraction of sp³-hybridized carbons (Fsp3) is 0.500. The van der Waals surface area contributed by atoms with E-state index in [-0.39, 0.29) is 24.0 Å². The molecule has 24 heavy (non-hydrogen) atoms. The Morgan fingerprint density at radius 3 is 2.21 bits per heavy atom. The summed E-state index contributed by atoms with van der Waals surface area (Å²) in [5.74, 6) is -0.718. The van der Waals surface area contributed by atoms with Gasteiger partial charge in [0.05, 0.1) is 0 Å². The molecule has 0 saturated carbocycles. The third-order valence-electron chi connectivity index (χ3n) is 4.38. The number of rotatable bonds is 7. The second-order valence-electron chi connectivity index (χ2n) is 6.13. The molecule has 130 valence electrons. The minimum absolute atomic E-state index is 0.0535. The van der Waals surface area contributed by atoms with Crippen LogP contribution in [0.25, 0.3) is 0 Å². The Bertz CT molecular complexity index is 592. The van der Waals surface area contributed by atoms with E-state index >= 15 is 0 Å². The molecule has 2 rings (SSSR count). The van der Waals surface area contributed by atoms with Crippen LogP contribution >= 0.6 is 11.6 Å². The van der Waals surface area contributed by atoms with Gasteiger partial charge in [0.15, 0.2) is 5.78 Å². The van der Waals surface area contributed by atoms with Crippen molar-refractivity contribution in [2.45, 2.75) is 38.5 Å². The summed E-state index contributed by atoms with van der Waals surface area (Å²) in [6.07, 6.45) is 2.93. The van der Waals surface area contributed by atoms with E-state index in [9.17, 15) is 14.4 Å². The van der Waals surface area contributed by atoms with Crippen molar-refractivity contribution >= 4 is 29.3 Å². The Hall–Kier alpha value is -1.88. The second kappa shape index (κ2) is 8.83. The lowest BCUT2D eigenvalue weighted by molar-refractivity contribution is -0.137. The van der Waals surface area contributed by atoms with Gasteiger partial charge in [0.2, 0.25) is 5.91 Å². The Balaban J connectivity index is 1.76. The zero-order valence-electron chi connectivity index (χ0n) is 13.5. The first-order valence-corrected chi connectivity index (χ1v) is 8.64. The lowest BCUT2D eigenvalue weighted by Gasteiger charge is -2.31. The molecular weight excluding hydrogens is 330 g/mol. The molecule has 1 aliphatic heterocycles. The Morgan fingerprint density at radius 2 is 1.62 bits per heavy atom. The van der Waals surface area contributed by atoms with Gasteiger partial charge < -0.3 is 10.0 Å². The lowest BCUT2D eigenvalue weighted by Crippen LogP contribution is -2.40. The average molecular weight is 352 g/mol. The molecule has 0 bridgehead atoms. The lowest BCUT2D eigenvalue weighted by atomic mass is 9.89. The molecule has 1 aromatic carbocycles. The maximum atomic E-state index is 12.5. The van der Waals surface area contributed by atoms with Crippen LogP contribution in [0.4, 0.5) is 0 Å². The zero-order chi connectivity index (χ0) is 17.5. The van der Waals surface area contributed by atoms with Crippen LogP contribution < -0.4 is 0 Å². The minimum Gasteiger partial charge on any atom is -0.481 e. The van der Waals surface area contributed by atoms with Gasteiger partial charge in [-0.05, 0) is 49.9 Å². The number of piperidine rings is 1. The first-order valence-electron chi connectivity index (χ1n) is 8.26. The second-order valence-corrected chi connectivity index (χ2v) is 6.56. The fourth-order valence-corrected chi connectivity index (χ4v) is 3.08. The summed E-state index contributed by atoms with van der Waals surface area (Å²) >= 11 is 5.84. The van der Waals surface area contributed by atoms with E-state index in [0.717, 1.165) is 0 Å². The van der Waals surface area contributed by atoms with Crippen LogP contribution in [0.5, 0.6) is 0 Å². The molecule has 0 aromatic heterocycles. The number of Topliss-reactive ketones (excluding diaryl/α,β-unsaturated/α-hetero) is 1. The summed E-state index contributed by atoms with van der Waals surface area (Å²) in [5, 5.41) is 9.19. The van der Waals surface area contributed by atoms with Gasteiger partial charge in [-0.15, -0.1) is 0 Å². The van der Waals surface area contributed by atoms with E-state index in [1.54, 1.807) is 29.2 Å². The molecule has 6 heteroatoms. The van der Waals surface area contributed by atoms with E-state index in [1.165, 1.54) is 0 Å². The number of unbranched alkanes of at least 4 members (excludes halogenated alkanes) is 1. The summed E-state index contributed by atoms with van der Waals surface area (Å²) in [5.41, 5.74) is 0.665. The molecule has 5 nitrogen and oxygen atoms in total. The van der Waals surface area contributed by atoms with Gasteiger partial charge in [-0.3, -0.25) is 14.4 Å². The predicted octanol–water partition coefficient (Wildman–Crippen LogP) is 3.41. The maximum Gasteiger partial charge on any atom is 0.303 e. The van der Waals surface area contributed by atoms with E-state index in [2.05, 4.69) is 0 Å². The molecule has 1 fully saturated rings. The molecule has 0 unspecified atom stereocenters. The topological polar surface area (TPSA) is 74.7 Å². The zero-order valence-corrected chi connectivity index (χ0v) is 14.3. The van der Waals surface area contributed by atoms with Crippen LogP contribution in [0, 0.1) is 5.92 Å². The number of halogens is 1. The van der Waals surface area contributed by atoms with Crippen molar-refractivity contribution in [1.29, 1.82) is 0 Å². The average Bonchev–Trinajstić information content (AvgIpc) is 2.58. The molecule has 0 atom stereocenters. The van der Waals surface area contributed by atoms with Crippen molar-refractivity contribution in [1.82, 2.24) is 4.90 Å². The highest BCUT2D eigenvalue weighted by Crippen LogP contribution is 2.23. The van der Waals surface area contributed by atoms with E-state index in [4.69, 9.17) is 16.7 Å². The Morgan fingerprint density at radius 1 is 1.04 bits per heavy atom. The quantitative estimate of drug-likeness (QED) is 0.603. The molecule has 0 radical (unpaired) electrons. The molecule has 1 aliphatic rings. The van der Waals surface area contributed by atoms with Crippen molar-refractivity contribution in [3.8, 4) is 0 Å². The van der Waals surface area contributed by atoms with Crippen molar-refractivity contribution in [2.24, 2.45) is 5.92 Å². The van der Waals surface area contributed by atoms with Crippen LogP contribution in [0.1, 0.15) is 48.9 Å². The van der Waals surface area contributed by atoms with Gasteiger partial charge >= 0.3 is 5.97 Å². The Kier molecular flexibility index (Phi) is 6.79. The molecular formula is C18H22ClNO4. The number of benzene rings is 1. The van der Waals surface area contributed by atoms with Crippen LogP contribution in [0.15, 0.2) is 24.3 Å². The van der Waals surface area contributed by atoms with Gasteiger partial charge in [-0.1, -0.05) is 11.6 Å². The van der Waals surface area contributed by atoms with Crippen molar-refractivity contribution < 1.29 is 19.5 Å². The summed E-state index contributed by atoms with van der Waals surface area (Å²) in [6.45, 7) is 1.17. The highest BCUT2D eigenvalue weighted by Gasteiger charge is 2.27. The molecule has 1 heterocycles. The van der Waals surface area contributed by atoms with Gasteiger partial charge in [0.25, 0.3) is 0 Å². The highest BCUT2D eigenvalue weighted by atomic mass is 35.5. The standard InChI is InChI=1S/C18H22ClNO4/c19-15-7-5-13(6-8-15)18(24)14-9-11-20(12-10-14)16(21)3-1-2-4-17(22)23/h5-8,14H,1-4,9-12H2,(H,22,23). The highest BCUT2D eigenvalue weighted by molar-refractivity contribution is 6.30. The normalized spacial score (nSPS) is 15.3. The van der Waals surface area contributed by atoms with Gasteiger partial charge in [-0.2, -0.15) is 0 Å². The van der Waals surface area contributed by atoms with Gasteiger partial charge in [0.1, 0.15) is 0 Å². The van der Waals surface area contributed by atoms with E-state index in [1.807, 2.05) is 0 Å². The van der Waals surface area contributed by atoms with Crippen LogP contribution in [-0.4, -0.2) is 40.8 Å². The fourth-order valence-electron chi connectivity index (χ4n) is 2.95. The number of nitrogens with zero attached hydrogens (tertiary/aromatic N) is 1.